The highest BCUT2D eigenvalue weighted by Crippen LogP contribution is 2.35. The number of esters is 1. The molecule has 0 aromatic carbocycles. The van der Waals surface area contributed by atoms with E-state index in [1.54, 1.807) is 0 Å². The molecular weight excluding hydrogens is 216 g/mol. The predicted octanol–water partition coefficient (Wildman–Crippen LogP) is 2.56. The zero-order valence-electron chi connectivity index (χ0n) is 9.70. The Morgan fingerprint density at radius 1 is 1.40 bits per heavy atom. The Balaban J connectivity index is 2.70. The van der Waals surface area contributed by atoms with Gasteiger partial charge in [0.1, 0.15) is 6.10 Å². The molecule has 3 nitrogen and oxygen atoms in total. The standard InChI is InChI=1S/C11H19ClO3/c1-5-9-6(2)7(3)10(11(12)15-9)14-8(4)13/h6-7,9-11H,5H2,1-4H3/t6-,7-,9?,10?,11-/m0/s1. The number of carbonyl (C=O) groups is 1. The van der Waals surface area contributed by atoms with Crippen LogP contribution >= 0.6 is 11.6 Å². The number of carbonyl (C=O) groups excluding carboxylic acids is 1. The molecule has 2 unspecified atom stereocenters. The first-order chi connectivity index (χ1) is 6.97. The Bertz CT molecular complexity index is 232. The summed E-state index contributed by atoms with van der Waals surface area (Å²) in [5.74, 6) is 0.285. The largest absolute Gasteiger partial charge is 0.458 e. The maximum absolute atomic E-state index is 10.9. The molecule has 0 saturated carbocycles. The lowest BCUT2D eigenvalue weighted by atomic mass is 9.83. The normalized spacial score (nSPS) is 41.3. The number of halogens is 1. The molecule has 0 spiro atoms. The van der Waals surface area contributed by atoms with E-state index in [-0.39, 0.29) is 24.1 Å². The van der Waals surface area contributed by atoms with E-state index in [9.17, 15) is 4.79 Å². The summed E-state index contributed by atoms with van der Waals surface area (Å²) < 4.78 is 10.8. The summed E-state index contributed by atoms with van der Waals surface area (Å²) in [6.07, 6.45) is 0.762. The lowest BCUT2D eigenvalue weighted by Crippen LogP contribution is -2.48. The molecule has 4 heteroatoms. The van der Waals surface area contributed by atoms with E-state index in [2.05, 4.69) is 20.8 Å². The van der Waals surface area contributed by atoms with Crippen molar-refractivity contribution >= 4 is 17.6 Å². The summed E-state index contributed by atoms with van der Waals surface area (Å²) in [5.41, 5.74) is -0.523. The van der Waals surface area contributed by atoms with Gasteiger partial charge in [0.15, 0.2) is 5.56 Å². The highest BCUT2D eigenvalue weighted by molar-refractivity contribution is 6.20. The van der Waals surface area contributed by atoms with Gasteiger partial charge in [-0.05, 0) is 12.3 Å². The summed E-state index contributed by atoms with van der Waals surface area (Å²) in [7, 11) is 0. The first kappa shape index (κ1) is 12.8. The van der Waals surface area contributed by atoms with Crippen LogP contribution in [0.25, 0.3) is 0 Å². The van der Waals surface area contributed by atoms with Crippen molar-refractivity contribution in [2.45, 2.75) is 51.9 Å². The second kappa shape index (κ2) is 5.17. The molecule has 0 aromatic rings. The molecule has 88 valence electrons. The quantitative estimate of drug-likeness (QED) is 0.544. The van der Waals surface area contributed by atoms with Gasteiger partial charge in [0.25, 0.3) is 0 Å². The monoisotopic (exact) mass is 234 g/mol. The highest BCUT2D eigenvalue weighted by Gasteiger charge is 2.41. The molecule has 1 aliphatic rings. The summed E-state index contributed by atoms with van der Waals surface area (Å²) in [6.45, 7) is 7.63. The molecule has 1 saturated heterocycles. The van der Waals surface area contributed by atoms with E-state index < -0.39 is 5.56 Å². The van der Waals surface area contributed by atoms with Crippen LogP contribution in [0.2, 0.25) is 0 Å². The van der Waals surface area contributed by atoms with Crippen LogP contribution in [0.4, 0.5) is 0 Å². The Morgan fingerprint density at radius 3 is 2.47 bits per heavy atom. The molecule has 1 aliphatic heterocycles. The molecule has 0 N–H and O–H groups in total. The molecule has 5 atom stereocenters. The Hall–Kier alpha value is -0.280. The molecule has 0 radical (unpaired) electrons. The van der Waals surface area contributed by atoms with Gasteiger partial charge in [-0.3, -0.25) is 4.79 Å². The van der Waals surface area contributed by atoms with Gasteiger partial charge in [0, 0.05) is 12.8 Å². The van der Waals surface area contributed by atoms with Crippen molar-refractivity contribution in [2.75, 3.05) is 0 Å². The summed E-state index contributed by atoms with van der Waals surface area (Å²) in [6, 6.07) is 0. The molecule has 0 aromatic heterocycles. The fourth-order valence-corrected chi connectivity index (χ4v) is 2.48. The molecule has 0 bridgehead atoms. The second-order valence-electron chi connectivity index (χ2n) is 4.23. The first-order valence-electron chi connectivity index (χ1n) is 5.44. The molecule has 0 amide bonds. The maximum atomic E-state index is 10.9. The Morgan fingerprint density at radius 2 is 2.00 bits per heavy atom. The summed E-state index contributed by atoms with van der Waals surface area (Å²) >= 11 is 6.06. The van der Waals surface area contributed by atoms with Gasteiger partial charge < -0.3 is 9.47 Å². The summed E-state index contributed by atoms with van der Waals surface area (Å²) in [5, 5.41) is 0. The first-order valence-corrected chi connectivity index (χ1v) is 5.87. The van der Waals surface area contributed by atoms with Gasteiger partial charge in [-0.1, -0.05) is 32.4 Å². The van der Waals surface area contributed by atoms with Gasteiger partial charge in [0.2, 0.25) is 0 Å². The van der Waals surface area contributed by atoms with Crippen molar-refractivity contribution in [3.8, 4) is 0 Å². The number of alkyl halides is 1. The van der Waals surface area contributed by atoms with Crippen LogP contribution in [-0.2, 0) is 14.3 Å². The van der Waals surface area contributed by atoms with Gasteiger partial charge in [-0.15, -0.1) is 0 Å². The van der Waals surface area contributed by atoms with Crippen molar-refractivity contribution in [1.29, 1.82) is 0 Å². The summed E-state index contributed by atoms with van der Waals surface area (Å²) in [4.78, 5) is 10.9. The molecule has 1 fully saturated rings. The minimum absolute atomic E-state index is 0.161. The highest BCUT2D eigenvalue weighted by atomic mass is 35.5. The van der Waals surface area contributed by atoms with E-state index in [0.29, 0.717) is 5.92 Å². The Labute approximate surface area is 96.1 Å². The van der Waals surface area contributed by atoms with Crippen LogP contribution in [0.3, 0.4) is 0 Å². The SMILES string of the molecule is CCC1O[C@H](Cl)C(OC(C)=O)[C@@H](C)[C@@H]1C. The van der Waals surface area contributed by atoms with E-state index in [1.807, 2.05) is 0 Å². The maximum Gasteiger partial charge on any atom is 0.303 e. The topological polar surface area (TPSA) is 35.5 Å². The van der Waals surface area contributed by atoms with Gasteiger partial charge >= 0.3 is 5.97 Å². The minimum atomic E-state index is -0.523. The van der Waals surface area contributed by atoms with Gasteiger partial charge in [0.05, 0.1) is 6.10 Å². The van der Waals surface area contributed by atoms with Gasteiger partial charge in [-0.2, -0.15) is 0 Å². The van der Waals surface area contributed by atoms with Crippen molar-refractivity contribution < 1.29 is 14.3 Å². The van der Waals surface area contributed by atoms with Crippen molar-refractivity contribution in [2.24, 2.45) is 11.8 Å². The van der Waals surface area contributed by atoms with E-state index in [1.165, 1.54) is 6.92 Å². The van der Waals surface area contributed by atoms with Crippen LogP contribution in [0.1, 0.15) is 34.1 Å². The molecule has 1 heterocycles. The van der Waals surface area contributed by atoms with E-state index in [0.717, 1.165) is 6.42 Å². The van der Waals surface area contributed by atoms with Crippen LogP contribution in [0.5, 0.6) is 0 Å². The van der Waals surface area contributed by atoms with Crippen molar-refractivity contribution in [3.63, 3.8) is 0 Å². The third-order valence-electron chi connectivity index (χ3n) is 3.20. The lowest BCUT2D eigenvalue weighted by Gasteiger charge is -2.41. The third kappa shape index (κ3) is 2.85. The molecular formula is C11H19ClO3. The average Bonchev–Trinajstić information content (AvgIpc) is 2.18. The predicted molar refractivity (Wildman–Crippen MR) is 58.7 cm³/mol. The molecule has 15 heavy (non-hydrogen) atoms. The van der Waals surface area contributed by atoms with Crippen LogP contribution in [0, 0.1) is 11.8 Å². The van der Waals surface area contributed by atoms with Crippen LogP contribution in [-0.4, -0.2) is 23.7 Å². The molecule has 1 rings (SSSR count). The van der Waals surface area contributed by atoms with Crippen molar-refractivity contribution in [1.82, 2.24) is 0 Å². The average molecular weight is 235 g/mol. The number of ether oxygens (including phenoxy) is 2. The van der Waals surface area contributed by atoms with E-state index >= 15 is 0 Å². The van der Waals surface area contributed by atoms with Crippen LogP contribution in [0.15, 0.2) is 0 Å². The lowest BCUT2D eigenvalue weighted by molar-refractivity contribution is -0.178. The van der Waals surface area contributed by atoms with Crippen molar-refractivity contribution in [3.05, 3.63) is 0 Å². The number of hydrogen-bond donors (Lipinski definition) is 0. The Kier molecular flexibility index (Phi) is 4.41. The number of hydrogen-bond acceptors (Lipinski definition) is 3. The third-order valence-corrected chi connectivity index (χ3v) is 3.55. The second-order valence-corrected chi connectivity index (χ2v) is 4.66. The zero-order valence-corrected chi connectivity index (χ0v) is 10.5. The fourth-order valence-electron chi connectivity index (χ4n) is 2.07. The zero-order chi connectivity index (χ0) is 11.6. The van der Waals surface area contributed by atoms with E-state index in [4.69, 9.17) is 21.1 Å². The fraction of sp³-hybridized carbons (Fsp3) is 0.909. The van der Waals surface area contributed by atoms with Crippen LogP contribution < -0.4 is 0 Å². The number of rotatable bonds is 2. The minimum Gasteiger partial charge on any atom is -0.458 e. The smallest absolute Gasteiger partial charge is 0.303 e. The molecule has 0 aliphatic carbocycles. The van der Waals surface area contributed by atoms with Gasteiger partial charge in [-0.25, -0.2) is 0 Å².